The van der Waals surface area contributed by atoms with Gasteiger partial charge in [0.15, 0.2) is 0 Å². The van der Waals surface area contributed by atoms with E-state index >= 15 is 0 Å². The van der Waals surface area contributed by atoms with Crippen molar-refractivity contribution in [2.75, 3.05) is 0 Å². The first-order valence-electron chi connectivity index (χ1n) is 23.4. The standard InChI is InChI=1S/C52H64O15/c1-28-22-31(4)43(32(5)23-28)47(53)62-65-50(56)59-40-16-10-37(11-17-40)46(38-12-18-41(19-13-38)60-51(57)66-63-48(54)44-33(6)24-29(2)25-34(44)7)39-14-20-42(21-15-39)61-52(58)67-64-49(55)45-35(8)26-30(3)27-36(45)9/h22-27,37-42,46H,10-21H2,1-9H3. The van der Waals surface area contributed by atoms with E-state index in [0.29, 0.717) is 106 Å². The average molecular weight is 929 g/mol. The molecule has 3 aliphatic carbocycles. The summed E-state index contributed by atoms with van der Waals surface area (Å²) < 4.78 is 16.8. The third-order valence-corrected chi connectivity index (χ3v) is 13.8. The highest BCUT2D eigenvalue weighted by Crippen LogP contribution is 2.48. The Morgan fingerprint density at radius 1 is 0.343 bits per heavy atom. The maximum atomic E-state index is 12.8. The highest BCUT2D eigenvalue weighted by Gasteiger charge is 2.42. The Hall–Kier alpha value is -6.12. The summed E-state index contributed by atoms with van der Waals surface area (Å²) in [7, 11) is 0. The van der Waals surface area contributed by atoms with Crippen molar-refractivity contribution < 1.29 is 72.3 Å². The van der Waals surface area contributed by atoms with Gasteiger partial charge in [-0.25, -0.2) is 43.7 Å². The first-order valence-corrected chi connectivity index (χ1v) is 23.4. The summed E-state index contributed by atoms with van der Waals surface area (Å²) in [6.07, 6.45) is 3.78. The normalized spacial score (nSPS) is 22.0. The third-order valence-electron chi connectivity index (χ3n) is 13.8. The van der Waals surface area contributed by atoms with Crippen LogP contribution in [0.1, 0.15) is 158 Å². The van der Waals surface area contributed by atoms with Crippen molar-refractivity contribution in [1.82, 2.24) is 0 Å². The molecule has 3 aromatic rings. The lowest BCUT2D eigenvalue weighted by Gasteiger charge is -2.45. The predicted molar refractivity (Wildman–Crippen MR) is 242 cm³/mol. The number of hydrogen-bond acceptors (Lipinski definition) is 15. The second-order valence-electron chi connectivity index (χ2n) is 19.0. The summed E-state index contributed by atoms with van der Waals surface area (Å²) in [5, 5.41) is 0. The lowest BCUT2D eigenvalue weighted by atomic mass is 9.61. The van der Waals surface area contributed by atoms with Crippen molar-refractivity contribution in [2.45, 2.75) is 158 Å². The van der Waals surface area contributed by atoms with Gasteiger partial charge in [0.2, 0.25) is 0 Å². The maximum Gasteiger partial charge on any atom is 0.550 e. The minimum atomic E-state index is -1.07. The Morgan fingerprint density at radius 3 is 0.761 bits per heavy atom. The summed E-state index contributed by atoms with van der Waals surface area (Å²) in [6, 6.07) is 11.1. The zero-order chi connectivity index (χ0) is 48.5. The maximum absolute atomic E-state index is 12.8. The predicted octanol–water partition coefficient (Wildman–Crippen LogP) is 11.8. The molecule has 3 aliphatic rings. The minimum Gasteiger partial charge on any atom is -0.428 e. The SMILES string of the molecule is Cc1cc(C)c(C(=O)OOC(=O)OC2CCC(C(C3CCC(OC(=O)OOC(=O)c4c(C)cc(C)cc4C)CC3)C3CCC(OC(=O)OOC(=O)c4c(C)cc(C)cc4C)CC3)CC2)c(C)c1. The van der Waals surface area contributed by atoms with E-state index in [1.165, 1.54) is 0 Å². The van der Waals surface area contributed by atoms with E-state index in [4.69, 9.17) is 43.5 Å². The number of rotatable bonds is 9. The Morgan fingerprint density at radius 2 is 0.552 bits per heavy atom. The third kappa shape index (κ3) is 13.3. The highest BCUT2D eigenvalue weighted by molar-refractivity contribution is 5.94. The smallest absolute Gasteiger partial charge is 0.428 e. The van der Waals surface area contributed by atoms with E-state index in [0.717, 1.165) is 55.2 Å². The number of aryl methyl sites for hydroxylation is 9. The molecule has 15 heteroatoms. The molecule has 362 valence electrons. The first-order chi connectivity index (χ1) is 31.9. The van der Waals surface area contributed by atoms with E-state index in [9.17, 15) is 28.8 Å². The summed E-state index contributed by atoms with van der Waals surface area (Å²) in [5.74, 6) is -1.16. The second kappa shape index (κ2) is 22.6. The zero-order valence-corrected chi connectivity index (χ0v) is 40.1. The van der Waals surface area contributed by atoms with Crippen molar-refractivity contribution in [3.8, 4) is 0 Å². The van der Waals surface area contributed by atoms with Gasteiger partial charge in [-0.1, -0.05) is 53.1 Å². The molecule has 0 heterocycles. The lowest BCUT2D eigenvalue weighted by molar-refractivity contribution is -0.209. The van der Waals surface area contributed by atoms with Crippen molar-refractivity contribution >= 4 is 36.4 Å². The molecule has 3 aromatic carbocycles. The molecule has 0 radical (unpaired) electrons. The van der Waals surface area contributed by atoms with E-state index in [1.807, 2.05) is 57.2 Å². The molecule has 0 spiro atoms. The molecule has 3 fully saturated rings. The van der Waals surface area contributed by atoms with Gasteiger partial charge >= 0.3 is 36.4 Å². The minimum absolute atomic E-state index is 0.277. The quantitative estimate of drug-likeness (QED) is 0.0853. The zero-order valence-electron chi connectivity index (χ0n) is 40.1. The van der Waals surface area contributed by atoms with Crippen molar-refractivity contribution in [3.63, 3.8) is 0 Å². The molecular formula is C52H64O15. The molecule has 0 atom stereocenters. The van der Waals surface area contributed by atoms with Gasteiger partial charge in [0, 0.05) is 0 Å². The van der Waals surface area contributed by atoms with Crippen molar-refractivity contribution in [1.29, 1.82) is 0 Å². The monoisotopic (exact) mass is 928 g/mol. The summed E-state index contributed by atoms with van der Waals surface area (Å²) >= 11 is 0. The molecule has 0 saturated heterocycles. The van der Waals surface area contributed by atoms with Crippen molar-refractivity contribution in [3.05, 3.63) is 103 Å². The van der Waals surface area contributed by atoms with Gasteiger partial charge in [-0.15, -0.1) is 0 Å². The first kappa shape index (κ1) is 50.3. The Bertz CT molecular complexity index is 1980. The number of ether oxygens (including phenoxy) is 3. The Balaban J connectivity index is 1.02. The largest absolute Gasteiger partial charge is 0.550 e. The van der Waals surface area contributed by atoms with E-state index in [2.05, 4.69) is 0 Å². The molecule has 67 heavy (non-hydrogen) atoms. The second-order valence-corrected chi connectivity index (χ2v) is 19.0. The van der Waals surface area contributed by atoms with Gasteiger partial charge in [-0.3, -0.25) is 0 Å². The van der Waals surface area contributed by atoms with Crippen LogP contribution in [0.3, 0.4) is 0 Å². The number of carbonyl (C=O) groups is 6. The van der Waals surface area contributed by atoms with Crippen LogP contribution in [0.4, 0.5) is 14.4 Å². The molecule has 15 nitrogen and oxygen atoms in total. The van der Waals surface area contributed by atoms with Crippen LogP contribution < -0.4 is 0 Å². The molecule has 0 unspecified atom stereocenters. The van der Waals surface area contributed by atoms with Crippen LogP contribution in [0.2, 0.25) is 0 Å². The molecular weight excluding hydrogens is 865 g/mol. The van der Waals surface area contributed by atoms with Gasteiger partial charge in [-0.2, -0.15) is 14.4 Å². The number of hydrogen-bond donors (Lipinski definition) is 0. The molecule has 3 saturated carbocycles. The number of benzene rings is 3. The van der Waals surface area contributed by atoms with E-state index in [1.54, 1.807) is 41.5 Å². The van der Waals surface area contributed by atoms with Gasteiger partial charge < -0.3 is 14.2 Å². The van der Waals surface area contributed by atoms with E-state index in [-0.39, 0.29) is 5.92 Å². The molecule has 0 aliphatic heterocycles. The van der Waals surface area contributed by atoms with Crippen LogP contribution in [0.5, 0.6) is 0 Å². The molecule has 0 aromatic heterocycles. The molecule has 0 N–H and O–H groups in total. The van der Waals surface area contributed by atoms with Crippen LogP contribution in [0, 0.1) is 86.0 Å². The Labute approximate surface area is 392 Å². The average Bonchev–Trinajstić information content (AvgIpc) is 3.25. The summed E-state index contributed by atoms with van der Waals surface area (Å²) in [5.41, 5.74) is 8.26. The number of carbonyl (C=O) groups excluding carboxylic acids is 6. The van der Waals surface area contributed by atoms with Gasteiger partial charge in [0.25, 0.3) is 0 Å². The van der Waals surface area contributed by atoms with Crippen LogP contribution in [0.25, 0.3) is 0 Å². The summed E-state index contributed by atoms with van der Waals surface area (Å²) in [6.45, 7) is 16.5. The topological polar surface area (TPSA) is 185 Å². The summed E-state index contributed by atoms with van der Waals surface area (Å²) in [4.78, 5) is 105. The molecule has 0 amide bonds. The van der Waals surface area contributed by atoms with Crippen LogP contribution in [-0.2, 0) is 43.5 Å². The molecule has 6 rings (SSSR count). The van der Waals surface area contributed by atoms with Crippen LogP contribution >= 0.6 is 0 Å². The highest BCUT2D eigenvalue weighted by atomic mass is 17.2. The van der Waals surface area contributed by atoms with Crippen molar-refractivity contribution in [2.24, 2.45) is 23.7 Å². The van der Waals surface area contributed by atoms with Crippen LogP contribution in [0.15, 0.2) is 36.4 Å². The van der Waals surface area contributed by atoms with Gasteiger partial charge in [0.05, 0.1) is 16.7 Å². The fraction of sp³-hybridized carbons (Fsp3) is 0.538. The Kier molecular flexibility index (Phi) is 17.0. The molecule has 0 bridgehead atoms. The fourth-order valence-corrected chi connectivity index (χ4v) is 11.2. The van der Waals surface area contributed by atoms with Crippen LogP contribution in [-0.4, -0.2) is 54.7 Å². The fourth-order valence-electron chi connectivity index (χ4n) is 11.2. The van der Waals surface area contributed by atoms with Gasteiger partial charge in [0.1, 0.15) is 18.3 Å². The van der Waals surface area contributed by atoms with E-state index < -0.39 is 54.7 Å². The lowest BCUT2D eigenvalue weighted by Crippen LogP contribution is -2.40. The van der Waals surface area contributed by atoms with Gasteiger partial charge in [-0.05, 0) is 196 Å².